The summed E-state index contributed by atoms with van der Waals surface area (Å²) < 4.78 is 1.98. The van der Waals surface area contributed by atoms with Crippen molar-refractivity contribution in [3.8, 4) is 0 Å². The third kappa shape index (κ3) is 2.27. The molecule has 16 heavy (non-hydrogen) atoms. The molecule has 0 amide bonds. The highest BCUT2D eigenvalue weighted by molar-refractivity contribution is 5.37. The van der Waals surface area contributed by atoms with Gasteiger partial charge in [0, 0.05) is 12.4 Å². The molecule has 0 bridgehead atoms. The first-order valence-electron chi connectivity index (χ1n) is 5.60. The smallest absolute Gasteiger partial charge is 0.0569 e. The number of benzene rings is 1. The van der Waals surface area contributed by atoms with Crippen LogP contribution in [0.25, 0.3) is 0 Å². The summed E-state index contributed by atoms with van der Waals surface area (Å²) in [6.45, 7) is 7.36. The minimum atomic E-state index is 0.868. The number of nitrogens with zero attached hydrogens (tertiary/aromatic N) is 1. The topological polar surface area (TPSA) is 17.0 Å². The van der Waals surface area contributed by atoms with Crippen LogP contribution in [0, 0.1) is 20.8 Å². The van der Waals surface area contributed by atoms with Crippen LogP contribution in [0.5, 0.6) is 0 Å². The number of hydrogen-bond acceptors (Lipinski definition) is 1. The van der Waals surface area contributed by atoms with Crippen molar-refractivity contribution in [2.75, 3.05) is 5.43 Å². The molecule has 2 heteroatoms. The van der Waals surface area contributed by atoms with Crippen LogP contribution < -0.4 is 5.43 Å². The van der Waals surface area contributed by atoms with E-state index in [2.05, 4.69) is 38.3 Å². The largest absolute Gasteiger partial charge is 0.322 e. The van der Waals surface area contributed by atoms with E-state index in [-0.39, 0.29) is 0 Å². The Hall–Kier alpha value is -1.70. The van der Waals surface area contributed by atoms with Crippen LogP contribution in [-0.2, 0) is 6.54 Å². The highest BCUT2D eigenvalue weighted by atomic mass is 15.4. The van der Waals surface area contributed by atoms with Crippen molar-refractivity contribution in [3.63, 3.8) is 0 Å². The van der Waals surface area contributed by atoms with Crippen LogP contribution in [0.1, 0.15) is 22.3 Å². The van der Waals surface area contributed by atoms with Crippen LogP contribution >= 0.6 is 0 Å². The second kappa shape index (κ2) is 4.44. The number of aromatic nitrogens is 1. The molecule has 1 N–H and O–H groups in total. The van der Waals surface area contributed by atoms with E-state index in [1.54, 1.807) is 0 Å². The van der Waals surface area contributed by atoms with Crippen LogP contribution in [0.15, 0.2) is 36.7 Å². The Kier molecular flexibility index (Phi) is 3.00. The van der Waals surface area contributed by atoms with E-state index < -0.39 is 0 Å². The molecule has 0 radical (unpaired) electrons. The molecule has 2 rings (SSSR count). The van der Waals surface area contributed by atoms with Crippen molar-refractivity contribution in [2.45, 2.75) is 27.3 Å². The Bertz CT molecular complexity index is 446. The van der Waals surface area contributed by atoms with Gasteiger partial charge in [0.2, 0.25) is 0 Å². The molecule has 0 aliphatic carbocycles. The lowest BCUT2D eigenvalue weighted by Crippen LogP contribution is -2.13. The van der Waals surface area contributed by atoms with Crippen molar-refractivity contribution in [1.82, 2.24) is 4.68 Å². The summed E-state index contributed by atoms with van der Waals surface area (Å²) in [5.41, 5.74) is 8.80. The number of nitrogens with one attached hydrogen (secondary N) is 1. The van der Waals surface area contributed by atoms with Crippen molar-refractivity contribution in [2.24, 2.45) is 0 Å². The van der Waals surface area contributed by atoms with E-state index in [9.17, 15) is 0 Å². The number of hydrogen-bond donors (Lipinski definition) is 1. The molecule has 0 unspecified atom stereocenters. The normalized spacial score (nSPS) is 10.4. The van der Waals surface area contributed by atoms with Crippen molar-refractivity contribution in [3.05, 3.63) is 58.9 Å². The summed E-state index contributed by atoms with van der Waals surface area (Å²) in [4.78, 5) is 0. The molecule has 0 spiro atoms. The molecule has 0 saturated heterocycles. The zero-order valence-corrected chi connectivity index (χ0v) is 10.1. The van der Waals surface area contributed by atoms with Crippen molar-refractivity contribution >= 4 is 0 Å². The zero-order valence-electron chi connectivity index (χ0n) is 10.1. The van der Waals surface area contributed by atoms with Gasteiger partial charge in [-0.2, -0.15) is 0 Å². The molecule has 0 aliphatic rings. The van der Waals surface area contributed by atoms with Gasteiger partial charge in [-0.05, 0) is 49.6 Å². The van der Waals surface area contributed by atoms with Gasteiger partial charge in [0.25, 0.3) is 0 Å². The van der Waals surface area contributed by atoms with E-state index in [1.165, 1.54) is 22.3 Å². The summed E-state index contributed by atoms with van der Waals surface area (Å²) in [7, 11) is 0. The Morgan fingerprint density at radius 2 is 1.56 bits per heavy atom. The third-order valence-electron chi connectivity index (χ3n) is 2.88. The molecular formula is C14H18N2. The van der Waals surface area contributed by atoms with Crippen molar-refractivity contribution < 1.29 is 0 Å². The van der Waals surface area contributed by atoms with E-state index in [0.717, 1.165) is 6.54 Å². The van der Waals surface area contributed by atoms with Crippen LogP contribution in [0.3, 0.4) is 0 Å². The fourth-order valence-electron chi connectivity index (χ4n) is 2.10. The van der Waals surface area contributed by atoms with Gasteiger partial charge in [-0.1, -0.05) is 17.7 Å². The van der Waals surface area contributed by atoms with Gasteiger partial charge in [-0.25, -0.2) is 0 Å². The van der Waals surface area contributed by atoms with Crippen LogP contribution in [0.4, 0.5) is 0 Å². The average Bonchev–Trinajstić information content (AvgIpc) is 2.68. The Morgan fingerprint density at radius 3 is 2.12 bits per heavy atom. The van der Waals surface area contributed by atoms with Gasteiger partial charge < -0.3 is 5.43 Å². The molecular weight excluding hydrogens is 196 g/mol. The summed E-state index contributed by atoms with van der Waals surface area (Å²) in [5, 5.41) is 0. The zero-order chi connectivity index (χ0) is 11.5. The third-order valence-corrected chi connectivity index (χ3v) is 2.88. The van der Waals surface area contributed by atoms with Gasteiger partial charge in [0.1, 0.15) is 0 Å². The fourth-order valence-corrected chi connectivity index (χ4v) is 2.10. The minimum Gasteiger partial charge on any atom is -0.322 e. The molecule has 1 aromatic heterocycles. The first-order chi connectivity index (χ1) is 7.66. The SMILES string of the molecule is Cc1cc(C)c(CNn2cccc2)c(C)c1. The number of rotatable bonds is 3. The van der Waals surface area contributed by atoms with Gasteiger partial charge in [-0.15, -0.1) is 0 Å². The molecule has 2 aromatic rings. The van der Waals surface area contributed by atoms with E-state index in [1.807, 2.05) is 29.2 Å². The van der Waals surface area contributed by atoms with E-state index >= 15 is 0 Å². The monoisotopic (exact) mass is 214 g/mol. The lowest BCUT2D eigenvalue weighted by atomic mass is 10.00. The Balaban J connectivity index is 2.15. The minimum absolute atomic E-state index is 0.868. The fraction of sp³-hybridized carbons (Fsp3) is 0.286. The predicted octanol–water partition coefficient (Wildman–Crippen LogP) is 3.16. The lowest BCUT2D eigenvalue weighted by Gasteiger charge is -2.13. The Morgan fingerprint density at radius 1 is 1.00 bits per heavy atom. The van der Waals surface area contributed by atoms with Crippen LogP contribution in [-0.4, -0.2) is 4.68 Å². The van der Waals surface area contributed by atoms with E-state index in [4.69, 9.17) is 0 Å². The Labute approximate surface area is 96.9 Å². The van der Waals surface area contributed by atoms with Gasteiger partial charge in [-0.3, -0.25) is 4.68 Å². The molecule has 1 heterocycles. The average molecular weight is 214 g/mol. The molecule has 84 valence electrons. The molecule has 0 atom stereocenters. The second-order valence-electron chi connectivity index (χ2n) is 4.30. The molecule has 0 aliphatic heterocycles. The highest BCUT2D eigenvalue weighted by Crippen LogP contribution is 2.16. The lowest BCUT2D eigenvalue weighted by molar-refractivity contribution is 0.839. The summed E-state index contributed by atoms with van der Waals surface area (Å²) in [6.07, 6.45) is 4.03. The number of aryl methyl sites for hydroxylation is 3. The summed E-state index contributed by atoms with van der Waals surface area (Å²) >= 11 is 0. The summed E-state index contributed by atoms with van der Waals surface area (Å²) in [6, 6.07) is 8.50. The van der Waals surface area contributed by atoms with Gasteiger partial charge >= 0.3 is 0 Å². The molecule has 2 nitrogen and oxygen atoms in total. The summed E-state index contributed by atoms with van der Waals surface area (Å²) in [5.74, 6) is 0. The van der Waals surface area contributed by atoms with Gasteiger partial charge in [0.15, 0.2) is 0 Å². The van der Waals surface area contributed by atoms with Crippen molar-refractivity contribution in [1.29, 1.82) is 0 Å². The first kappa shape index (κ1) is 10.8. The maximum Gasteiger partial charge on any atom is 0.0569 e. The maximum absolute atomic E-state index is 3.36. The quantitative estimate of drug-likeness (QED) is 0.830. The molecule has 0 saturated carbocycles. The van der Waals surface area contributed by atoms with Crippen LogP contribution in [0.2, 0.25) is 0 Å². The van der Waals surface area contributed by atoms with Gasteiger partial charge in [0.05, 0.1) is 6.54 Å². The second-order valence-corrected chi connectivity index (χ2v) is 4.30. The highest BCUT2D eigenvalue weighted by Gasteiger charge is 2.03. The molecule has 1 aromatic carbocycles. The maximum atomic E-state index is 3.36. The first-order valence-corrected chi connectivity index (χ1v) is 5.60. The standard InChI is InChI=1S/C14H18N2/c1-11-8-12(2)14(13(3)9-11)10-15-16-6-4-5-7-16/h4-9,15H,10H2,1-3H3. The predicted molar refractivity (Wildman–Crippen MR) is 68.1 cm³/mol. The molecule has 0 fully saturated rings. The van der Waals surface area contributed by atoms with E-state index in [0.29, 0.717) is 0 Å².